The Morgan fingerprint density at radius 3 is 1.61 bits per heavy atom. The summed E-state index contributed by atoms with van der Waals surface area (Å²) in [4.78, 5) is 24.9. The SMILES string of the molecule is CCCCCCCCCCCCCCCCCCNC(=O)C(C)NC(=O)OCC1c2ccccc2-c2ccccc21. The molecule has 5 heteroatoms. The summed E-state index contributed by atoms with van der Waals surface area (Å²) in [6.07, 6.45) is 20.7. The first-order chi connectivity index (χ1) is 20.1. The largest absolute Gasteiger partial charge is 0.449 e. The molecule has 0 fully saturated rings. The molecule has 1 unspecified atom stereocenters. The van der Waals surface area contributed by atoms with Crippen LogP contribution < -0.4 is 10.6 Å². The van der Waals surface area contributed by atoms with Crippen LogP contribution in [0.3, 0.4) is 0 Å². The van der Waals surface area contributed by atoms with E-state index in [-0.39, 0.29) is 18.4 Å². The van der Waals surface area contributed by atoms with Crippen molar-refractivity contribution >= 4 is 12.0 Å². The van der Waals surface area contributed by atoms with Gasteiger partial charge in [0.2, 0.25) is 5.91 Å². The predicted octanol–water partition coefficient (Wildman–Crippen LogP) is 9.29. The minimum atomic E-state index is -0.633. The summed E-state index contributed by atoms with van der Waals surface area (Å²) >= 11 is 0. The molecule has 2 N–H and O–H groups in total. The van der Waals surface area contributed by atoms with Crippen LogP contribution in [0, 0.1) is 0 Å². The van der Waals surface area contributed by atoms with E-state index in [2.05, 4.69) is 41.8 Å². The standard InChI is InChI=1S/C36H54N2O3/c1-3-4-5-6-7-8-9-10-11-12-13-14-15-16-17-22-27-37-35(39)29(2)38-36(40)41-28-34-32-25-20-18-23-30(32)31-24-19-21-26-33(31)34/h18-21,23-26,29,34H,3-17,22,27-28H2,1-2H3,(H,37,39)(H,38,40). The van der Waals surface area contributed by atoms with Gasteiger partial charge in [-0.1, -0.05) is 152 Å². The minimum absolute atomic E-state index is 0.00665. The van der Waals surface area contributed by atoms with E-state index >= 15 is 0 Å². The van der Waals surface area contributed by atoms with Crippen molar-refractivity contribution < 1.29 is 14.3 Å². The van der Waals surface area contributed by atoms with Crippen molar-refractivity contribution in [2.75, 3.05) is 13.2 Å². The second-order valence-electron chi connectivity index (χ2n) is 11.8. The summed E-state index contributed by atoms with van der Waals surface area (Å²) in [5.41, 5.74) is 4.73. The van der Waals surface area contributed by atoms with Gasteiger partial charge in [0, 0.05) is 12.5 Å². The number of alkyl carbamates (subject to hydrolysis) is 1. The van der Waals surface area contributed by atoms with E-state index < -0.39 is 12.1 Å². The molecular formula is C36H54N2O3. The predicted molar refractivity (Wildman–Crippen MR) is 170 cm³/mol. The van der Waals surface area contributed by atoms with Crippen LogP contribution in [-0.4, -0.2) is 31.2 Å². The van der Waals surface area contributed by atoms with Crippen LogP contribution >= 0.6 is 0 Å². The number of rotatable bonds is 21. The average molecular weight is 563 g/mol. The van der Waals surface area contributed by atoms with Gasteiger partial charge in [-0.25, -0.2) is 4.79 Å². The van der Waals surface area contributed by atoms with E-state index in [4.69, 9.17) is 4.74 Å². The van der Waals surface area contributed by atoms with Gasteiger partial charge in [-0.15, -0.1) is 0 Å². The lowest BCUT2D eigenvalue weighted by Gasteiger charge is -2.17. The molecule has 226 valence electrons. The molecule has 0 bridgehead atoms. The fraction of sp³-hybridized carbons (Fsp3) is 0.611. The van der Waals surface area contributed by atoms with Crippen LogP contribution in [0.25, 0.3) is 11.1 Å². The second kappa shape index (κ2) is 19.3. The molecule has 0 aromatic heterocycles. The third-order valence-electron chi connectivity index (χ3n) is 8.40. The van der Waals surface area contributed by atoms with Crippen molar-refractivity contribution in [1.29, 1.82) is 0 Å². The molecule has 1 aliphatic carbocycles. The van der Waals surface area contributed by atoms with Crippen LogP contribution in [0.4, 0.5) is 4.79 Å². The monoisotopic (exact) mass is 562 g/mol. The molecule has 0 spiro atoms. The van der Waals surface area contributed by atoms with Crippen molar-refractivity contribution in [1.82, 2.24) is 10.6 Å². The zero-order valence-corrected chi connectivity index (χ0v) is 25.7. The maximum absolute atomic E-state index is 12.5. The van der Waals surface area contributed by atoms with Gasteiger partial charge in [0.15, 0.2) is 0 Å². The number of unbranched alkanes of at least 4 members (excludes halogenated alkanes) is 15. The molecule has 0 radical (unpaired) electrons. The van der Waals surface area contributed by atoms with E-state index in [1.807, 2.05) is 24.3 Å². The molecule has 5 nitrogen and oxygen atoms in total. The quantitative estimate of drug-likeness (QED) is 0.149. The Morgan fingerprint density at radius 1 is 0.683 bits per heavy atom. The number of carbonyl (C=O) groups excluding carboxylic acids is 2. The van der Waals surface area contributed by atoms with Gasteiger partial charge in [0.05, 0.1) is 0 Å². The summed E-state index contributed by atoms with van der Waals surface area (Å²) in [7, 11) is 0. The normalized spacial score (nSPS) is 12.9. The molecule has 0 saturated heterocycles. The Hall–Kier alpha value is -2.82. The van der Waals surface area contributed by atoms with Gasteiger partial charge in [-0.3, -0.25) is 4.79 Å². The maximum Gasteiger partial charge on any atom is 0.407 e. The number of hydrogen-bond acceptors (Lipinski definition) is 3. The lowest BCUT2D eigenvalue weighted by Crippen LogP contribution is -2.45. The number of nitrogens with one attached hydrogen (secondary N) is 2. The third kappa shape index (κ3) is 11.5. The fourth-order valence-corrected chi connectivity index (χ4v) is 5.92. The van der Waals surface area contributed by atoms with E-state index in [1.165, 1.54) is 112 Å². The van der Waals surface area contributed by atoms with E-state index in [1.54, 1.807) is 6.92 Å². The van der Waals surface area contributed by atoms with Crippen molar-refractivity contribution in [3.63, 3.8) is 0 Å². The topological polar surface area (TPSA) is 67.4 Å². The summed E-state index contributed by atoms with van der Waals surface area (Å²) in [5.74, 6) is -0.161. The van der Waals surface area contributed by atoms with Crippen molar-refractivity contribution in [3.8, 4) is 11.1 Å². The number of fused-ring (bicyclic) bond motifs is 3. The smallest absolute Gasteiger partial charge is 0.407 e. The molecule has 3 rings (SSSR count). The van der Waals surface area contributed by atoms with E-state index in [0.29, 0.717) is 6.54 Å². The maximum atomic E-state index is 12.5. The average Bonchev–Trinajstić information content (AvgIpc) is 3.31. The third-order valence-corrected chi connectivity index (χ3v) is 8.40. The summed E-state index contributed by atoms with van der Waals surface area (Å²) in [6, 6.07) is 15.9. The first-order valence-corrected chi connectivity index (χ1v) is 16.5. The van der Waals surface area contributed by atoms with Crippen LogP contribution in [-0.2, 0) is 9.53 Å². The van der Waals surface area contributed by atoms with Gasteiger partial charge >= 0.3 is 6.09 Å². The molecule has 0 heterocycles. The molecular weight excluding hydrogens is 508 g/mol. The van der Waals surface area contributed by atoms with Crippen molar-refractivity contribution in [3.05, 3.63) is 59.7 Å². The molecule has 0 aliphatic heterocycles. The van der Waals surface area contributed by atoms with Crippen LogP contribution in [0.1, 0.15) is 134 Å². The van der Waals surface area contributed by atoms with Crippen LogP contribution in [0.5, 0.6) is 0 Å². The summed E-state index contributed by atoms with van der Waals surface area (Å²) < 4.78 is 5.57. The Labute approximate surface area is 249 Å². The Bertz CT molecular complexity index is 991. The fourth-order valence-electron chi connectivity index (χ4n) is 5.92. The van der Waals surface area contributed by atoms with Gasteiger partial charge in [-0.05, 0) is 35.6 Å². The van der Waals surface area contributed by atoms with Crippen LogP contribution in [0.15, 0.2) is 48.5 Å². The highest BCUT2D eigenvalue weighted by Gasteiger charge is 2.29. The van der Waals surface area contributed by atoms with Gasteiger partial charge in [0.25, 0.3) is 0 Å². The zero-order valence-electron chi connectivity index (χ0n) is 25.7. The Balaban J connectivity index is 1.16. The Morgan fingerprint density at radius 2 is 1.12 bits per heavy atom. The number of amides is 2. The van der Waals surface area contributed by atoms with Crippen molar-refractivity contribution in [2.24, 2.45) is 0 Å². The van der Waals surface area contributed by atoms with Crippen molar-refractivity contribution in [2.45, 2.75) is 129 Å². The second-order valence-corrected chi connectivity index (χ2v) is 11.8. The van der Waals surface area contributed by atoms with E-state index in [9.17, 15) is 9.59 Å². The highest BCUT2D eigenvalue weighted by Crippen LogP contribution is 2.44. The number of hydrogen-bond donors (Lipinski definition) is 2. The van der Waals surface area contributed by atoms with Gasteiger partial charge in [0.1, 0.15) is 12.6 Å². The Kier molecular flexibility index (Phi) is 15.4. The molecule has 2 aromatic carbocycles. The number of benzene rings is 2. The molecule has 2 aromatic rings. The lowest BCUT2D eigenvalue weighted by atomic mass is 9.98. The highest BCUT2D eigenvalue weighted by atomic mass is 16.5. The first kappa shape index (κ1) is 32.7. The number of ether oxygens (including phenoxy) is 1. The molecule has 2 amide bonds. The van der Waals surface area contributed by atoms with E-state index in [0.717, 1.165) is 12.8 Å². The first-order valence-electron chi connectivity index (χ1n) is 16.5. The minimum Gasteiger partial charge on any atom is -0.449 e. The number of carbonyl (C=O) groups is 2. The lowest BCUT2D eigenvalue weighted by molar-refractivity contribution is -0.122. The van der Waals surface area contributed by atoms with Gasteiger partial charge in [-0.2, -0.15) is 0 Å². The zero-order chi connectivity index (χ0) is 29.1. The summed E-state index contributed by atoms with van der Waals surface area (Å²) in [6.45, 7) is 4.87. The van der Waals surface area contributed by atoms with Crippen LogP contribution in [0.2, 0.25) is 0 Å². The molecule has 0 saturated carbocycles. The molecule has 1 aliphatic rings. The molecule has 41 heavy (non-hydrogen) atoms. The molecule has 1 atom stereocenters. The summed E-state index contributed by atoms with van der Waals surface area (Å²) in [5, 5.41) is 5.64. The highest BCUT2D eigenvalue weighted by molar-refractivity contribution is 5.85. The van der Waals surface area contributed by atoms with Gasteiger partial charge < -0.3 is 15.4 Å².